The number of aromatic amines is 1. The van der Waals surface area contributed by atoms with E-state index in [9.17, 15) is 9.59 Å². The number of rotatable bonds is 2. The van der Waals surface area contributed by atoms with Crippen molar-refractivity contribution in [2.75, 3.05) is 13.1 Å². The summed E-state index contributed by atoms with van der Waals surface area (Å²) >= 11 is 0. The summed E-state index contributed by atoms with van der Waals surface area (Å²) < 4.78 is 0. The molecule has 0 spiro atoms. The van der Waals surface area contributed by atoms with Gasteiger partial charge in [-0.15, -0.1) is 0 Å². The highest BCUT2D eigenvalue weighted by Gasteiger charge is 2.24. The maximum atomic E-state index is 12.7. The van der Waals surface area contributed by atoms with Crippen molar-refractivity contribution in [3.05, 3.63) is 70.1 Å². The Hall–Kier alpha value is -2.36. The minimum Gasteiger partial charge on any atom is -0.338 e. The fourth-order valence-corrected chi connectivity index (χ4v) is 3.08. The second-order valence-electron chi connectivity index (χ2n) is 5.80. The van der Waals surface area contributed by atoms with Gasteiger partial charge in [-0.05, 0) is 24.5 Å². The predicted molar refractivity (Wildman–Crippen MR) is 86.0 cm³/mol. The highest BCUT2D eigenvalue weighted by molar-refractivity contribution is 5.94. The van der Waals surface area contributed by atoms with Gasteiger partial charge in [0.15, 0.2) is 0 Å². The molecule has 1 fully saturated rings. The van der Waals surface area contributed by atoms with Crippen molar-refractivity contribution in [1.82, 2.24) is 9.88 Å². The molecule has 22 heavy (non-hydrogen) atoms. The van der Waals surface area contributed by atoms with Gasteiger partial charge in [-0.1, -0.05) is 36.8 Å². The highest BCUT2D eigenvalue weighted by Crippen LogP contribution is 2.26. The number of amides is 1. The number of aromatic nitrogens is 1. The zero-order chi connectivity index (χ0) is 15.4. The molecule has 0 bridgehead atoms. The van der Waals surface area contributed by atoms with Gasteiger partial charge >= 0.3 is 0 Å². The molecule has 0 radical (unpaired) electrons. The van der Waals surface area contributed by atoms with Crippen LogP contribution in [0, 0.1) is 0 Å². The summed E-state index contributed by atoms with van der Waals surface area (Å²) in [5.74, 6) is 0.323. The quantitative estimate of drug-likeness (QED) is 0.926. The number of hydrogen-bond acceptors (Lipinski definition) is 2. The van der Waals surface area contributed by atoms with E-state index in [2.05, 4.69) is 17.1 Å². The Morgan fingerprint density at radius 3 is 2.73 bits per heavy atom. The summed E-state index contributed by atoms with van der Waals surface area (Å²) in [4.78, 5) is 28.5. The summed E-state index contributed by atoms with van der Waals surface area (Å²) in [7, 11) is 0. The Bertz CT molecular complexity index is 693. The molecule has 2 heterocycles. The molecule has 1 amide bonds. The van der Waals surface area contributed by atoms with Crippen LogP contribution in [0.25, 0.3) is 0 Å². The zero-order valence-electron chi connectivity index (χ0n) is 12.5. The largest absolute Gasteiger partial charge is 0.338 e. The second-order valence-corrected chi connectivity index (χ2v) is 5.80. The molecule has 1 aliphatic heterocycles. The first kappa shape index (κ1) is 14.6. The van der Waals surface area contributed by atoms with E-state index < -0.39 is 0 Å². The molecule has 0 aliphatic carbocycles. The van der Waals surface area contributed by atoms with Crippen LogP contribution in [0.4, 0.5) is 0 Å². The Kier molecular flexibility index (Phi) is 4.37. The van der Waals surface area contributed by atoms with Gasteiger partial charge in [0.2, 0.25) is 5.56 Å². The van der Waals surface area contributed by atoms with Crippen LogP contribution in [0.3, 0.4) is 0 Å². The number of nitrogens with one attached hydrogen (secondary N) is 1. The standard InChI is InChI=1S/C18H20N2O2/c21-17-12-15(9-10-19-17)18(22)20-11-5-4-8-16(13-20)14-6-2-1-3-7-14/h1-3,6-7,9-10,12,16H,4-5,8,11,13H2,(H,19,21). The summed E-state index contributed by atoms with van der Waals surface area (Å²) in [6.07, 6.45) is 4.77. The number of hydrogen-bond donors (Lipinski definition) is 1. The molecule has 1 saturated heterocycles. The first-order chi connectivity index (χ1) is 10.7. The molecular formula is C18H20N2O2. The van der Waals surface area contributed by atoms with E-state index in [4.69, 9.17) is 0 Å². The van der Waals surface area contributed by atoms with Crippen molar-refractivity contribution in [2.24, 2.45) is 0 Å². The first-order valence-electron chi connectivity index (χ1n) is 7.77. The molecule has 4 nitrogen and oxygen atoms in total. The lowest BCUT2D eigenvalue weighted by Gasteiger charge is -2.25. The lowest BCUT2D eigenvalue weighted by Crippen LogP contribution is -2.34. The van der Waals surface area contributed by atoms with E-state index >= 15 is 0 Å². The number of carbonyl (C=O) groups excluding carboxylic acids is 1. The number of H-pyrrole nitrogens is 1. The van der Waals surface area contributed by atoms with Crippen LogP contribution in [0.5, 0.6) is 0 Å². The van der Waals surface area contributed by atoms with Crippen LogP contribution < -0.4 is 5.56 Å². The van der Waals surface area contributed by atoms with Crippen molar-refractivity contribution in [3.63, 3.8) is 0 Å². The molecule has 114 valence electrons. The molecule has 1 aromatic carbocycles. The second kappa shape index (κ2) is 6.60. The summed E-state index contributed by atoms with van der Waals surface area (Å²) in [6.45, 7) is 1.48. The van der Waals surface area contributed by atoms with Gasteiger partial charge in [0.05, 0.1) is 0 Å². The maximum absolute atomic E-state index is 12.7. The van der Waals surface area contributed by atoms with Gasteiger partial charge in [0.1, 0.15) is 0 Å². The normalized spacial score (nSPS) is 18.7. The third-order valence-electron chi connectivity index (χ3n) is 4.25. The number of nitrogens with zero attached hydrogens (tertiary/aromatic N) is 1. The lowest BCUT2D eigenvalue weighted by atomic mass is 9.94. The Morgan fingerprint density at radius 1 is 1.14 bits per heavy atom. The van der Waals surface area contributed by atoms with Crippen LogP contribution in [0.2, 0.25) is 0 Å². The molecule has 1 atom stereocenters. The minimum absolute atomic E-state index is 0.0473. The molecule has 4 heteroatoms. The van der Waals surface area contributed by atoms with Gasteiger partial charge in [-0.2, -0.15) is 0 Å². The van der Waals surface area contributed by atoms with E-state index in [1.165, 1.54) is 17.8 Å². The van der Waals surface area contributed by atoms with Gasteiger partial charge in [-0.25, -0.2) is 0 Å². The fourth-order valence-electron chi connectivity index (χ4n) is 3.08. The van der Waals surface area contributed by atoms with Crippen LogP contribution >= 0.6 is 0 Å². The van der Waals surface area contributed by atoms with Crippen molar-refractivity contribution in [1.29, 1.82) is 0 Å². The number of pyridine rings is 1. The average Bonchev–Trinajstić information content (AvgIpc) is 2.81. The Morgan fingerprint density at radius 2 is 1.95 bits per heavy atom. The van der Waals surface area contributed by atoms with E-state index in [0.717, 1.165) is 32.4 Å². The molecule has 1 aliphatic rings. The monoisotopic (exact) mass is 296 g/mol. The maximum Gasteiger partial charge on any atom is 0.254 e. The lowest BCUT2D eigenvalue weighted by molar-refractivity contribution is 0.0754. The third kappa shape index (κ3) is 3.27. The van der Waals surface area contributed by atoms with Gasteiger partial charge in [-0.3, -0.25) is 9.59 Å². The molecule has 1 unspecified atom stereocenters. The molecule has 3 rings (SSSR count). The predicted octanol–water partition coefficient (Wildman–Crippen LogP) is 2.78. The van der Waals surface area contributed by atoms with Crippen LogP contribution in [0.1, 0.15) is 41.1 Å². The van der Waals surface area contributed by atoms with Crippen molar-refractivity contribution in [3.8, 4) is 0 Å². The molecule has 0 saturated carbocycles. The van der Waals surface area contributed by atoms with Gasteiger partial charge in [0.25, 0.3) is 5.91 Å². The smallest absolute Gasteiger partial charge is 0.254 e. The SMILES string of the molecule is O=C(c1cc[nH]c(=O)c1)N1CCCCC(c2ccccc2)C1. The van der Waals surface area contributed by atoms with E-state index in [-0.39, 0.29) is 11.5 Å². The highest BCUT2D eigenvalue weighted by atomic mass is 16.2. The Balaban J connectivity index is 1.81. The van der Waals surface area contributed by atoms with Crippen LogP contribution in [-0.2, 0) is 0 Å². The number of carbonyl (C=O) groups is 1. The number of benzene rings is 1. The molecule has 2 aromatic rings. The van der Waals surface area contributed by atoms with Gasteiger partial charge in [0, 0.05) is 36.8 Å². The molecular weight excluding hydrogens is 276 g/mol. The van der Waals surface area contributed by atoms with Gasteiger partial charge < -0.3 is 9.88 Å². The average molecular weight is 296 g/mol. The zero-order valence-corrected chi connectivity index (χ0v) is 12.5. The van der Waals surface area contributed by atoms with E-state index in [1.54, 1.807) is 6.07 Å². The molecule has 1 N–H and O–H groups in total. The third-order valence-corrected chi connectivity index (χ3v) is 4.25. The summed E-state index contributed by atoms with van der Waals surface area (Å²) in [6, 6.07) is 13.4. The van der Waals surface area contributed by atoms with Crippen molar-refractivity contribution >= 4 is 5.91 Å². The first-order valence-corrected chi connectivity index (χ1v) is 7.77. The Labute approximate surface area is 129 Å². The topological polar surface area (TPSA) is 53.2 Å². The summed E-state index contributed by atoms with van der Waals surface area (Å²) in [5.41, 5.74) is 1.52. The van der Waals surface area contributed by atoms with Crippen molar-refractivity contribution in [2.45, 2.75) is 25.2 Å². The fraction of sp³-hybridized carbons (Fsp3) is 0.333. The minimum atomic E-state index is -0.236. The van der Waals surface area contributed by atoms with E-state index in [1.807, 2.05) is 23.1 Å². The van der Waals surface area contributed by atoms with Crippen LogP contribution in [0.15, 0.2) is 53.5 Å². The van der Waals surface area contributed by atoms with E-state index in [0.29, 0.717) is 11.5 Å². The molecule has 1 aromatic heterocycles. The number of likely N-dealkylation sites (tertiary alicyclic amines) is 1. The summed E-state index contributed by atoms with van der Waals surface area (Å²) in [5, 5.41) is 0. The van der Waals surface area contributed by atoms with Crippen LogP contribution in [-0.4, -0.2) is 28.9 Å². The van der Waals surface area contributed by atoms with Crippen molar-refractivity contribution < 1.29 is 4.79 Å².